The Bertz CT molecular complexity index is 2220. The molecule has 0 saturated heterocycles. The quantitative estimate of drug-likeness (QED) is 0.116. The molecule has 0 saturated carbocycles. The Morgan fingerprint density at radius 3 is 2.04 bits per heavy atom. The highest BCUT2D eigenvalue weighted by atomic mass is 35.5. The van der Waals surface area contributed by atoms with Crippen molar-refractivity contribution in [3.05, 3.63) is 170 Å². The molecule has 0 amide bonds. The van der Waals surface area contributed by atoms with Gasteiger partial charge in [-0.3, -0.25) is 0 Å². The average molecular weight is 734 g/mol. The van der Waals surface area contributed by atoms with Gasteiger partial charge in [0, 0.05) is 40.7 Å². The monoisotopic (exact) mass is 732 g/mol. The van der Waals surface area contributed by atoms with E-state index in [9.17, 15) is 27.1 Å². The molecule has 2 N–H and O–H groups in total. The lowest BCUT2D eigenvalue weighted by molar-refractivity contribution is 0.0697. The number of benzene rings is 5. The van der Waals surface area contributed by atoms with Crippen LogP contribution < -0.4 is 4.72 Å². The minimum atomic E-state index is -4.40. The number of carboxylic acid groups (broad SMARTS) is 1. The zero-order valence-electron chi connectivity index (χ0n) is 26.6. The molecule has 5 aromatic carbocycles. The molecule has 6 aromatic rings. The Hall–Kier alpha value is -4.54. The van der Waals surface area contributed by atoms with Crippen molar-refractivity contribution in [1.29, 1.82) is 0 Å². The van der Waals surface area contributed by atoms with Crippen molar-refractivity contribution in [1.82, 2.24) is 9.29 Å². The molecule has 0 radical (unpaired) electrons. The average Bonchev–Trinajstić information content (AvgIpc) is 3.39. The van der Waals surface area contributed by atoms with Crippen LogP contribution in [0.2, 0.25) is 10.0 Å². The van der Waals surface area contributed by atoms with Gasteiger partial charge in [-0.15, -0.1) is 0 Å². The van der Waals surface area contributed by atoms with Crippen LogP contribution in [0, 0.1) is 11.6 Å². The van der Waals surface area contributed by atoms with Crippen LogP contribution in [0.5, 0.6) is 0 Å². The van der Waals surface area contributed by atoms with Crippen LogP contribution >= 0.6 is 23.2 Å². The van der Waals surface area contributed by atoms with E-state index in [0.717, 1.165) is 44.9 Å². The van der Waals surface area contributed by atoms with Crippen LogP contribution in [0.4, 0.5) is 8.78 Å². The third-order valence-electron chi connectivity index (χ3n) is 8.68. The molecule has 6 rings (SSSR count). The zero-order chi connectivity index (χ0) is 35.4. The smallest absolute Gasteiger partial charge is 0.335 e. The van der Waals surface area contributed by atoms with Crippen molar-refractivity contribution < 1.29 is 27.1 Å². The van der Waals surface area contributed by atoms with Gasteiger partial charge in [0.05, 0.1) is 16.6 Å². The lowest BCUT2D eigenvalue weighted by Gasteiger charge is -2.25. The largest absolute Gasteiger partial charge is 0.478 e. The van der Waals surface area contributed by atoms with Crippen molar-refractivity contribution in [2.75, 3.05) is 6.54 Å². The minimum absolute atomic E-state index is 0.0965. The van der Waals surface area contributed by atoms with Crippen LogP contribution in [0.25, 0.3) is 10.9 Å². The molecular weight excluding hydrogens is 701 g/mol. The van der Waals surface area contributed by atoms with Gasteiger partial charge in [0.25, 0.3) is 0 Å². The number of aromatic carboxylic acids is 1. The number of carboxylic acids is 1. The lowest BCUT2D eigenvalue weighted by Crippen LogP contribution is -2.28. The molecule has 1 heterocycles. The fraction of sp³-hybridized carbons (Fsp3) is 0.154. The summed E-state index contributed by atoms with van der Waals surface area (Å²) in [7, 11) is -4.40. The van der Waals surface area contributed by atoms with Crippen LogP contribution in [0.15, 0.2) is 120 Å². The normalized spacial score (nSPS) is 11.8. The van der Waals surface area contributed by atoms with Gasteiger partial charge in [0.1, 0.15) is 16.5 Å². The van der Waals surface area contributed by atoms with Crippen molar-refractivity contribution >= 4 is 50.1 Å². The third kappa shape index (κ3) is 7.61. The first-order valence-corrected chi connectivity index (χ1v) is 18.1. The van der Waals surface area contributed by atoms with E-state index < -0.39 is 37.5 Å². The second kappa shape index (κ2) is 15.1. The number of rotatable bonds is 13. The van der Waals surface area contributed by atoms with Gasteiger partial charge in [0.15, 0.2) is 0 Å². The van der Waals surface area contributed by atoms with Gasteiger partial charge in [-0.25, -0.2) is 26.7 Å². The lowest BCUT2D eigenvalue weighted by atomic mass is 9.97. The molecule has 0 aliphatic carbocycles. The van der Waals surface area contributed by atoms with Crippen molar-refractivity contribution in [3.8, 4) is 0 Å². The fourth-order valence-electron chi connectivity index (χ4n) is 6.39. The number of hydrogen-bond acceptors (Lipinski definition) is 3. The van der Waals surface area contributed by atoms with Gasteiger partial charge < -0.3 is 9.67 Å². The highest BCUT2D eigenvalue weighted by Crippen LogP contribution is 2.38. The summed E-state index contributed by atoms with van der Waals surface area (Å²) in [5.41, 5.74) is 5.98. The van der Waals surface area contributed by atoms with Gasteiger partial charge in [-0.2, -0.15) is 0 Å². The summed E-state index contributed by atoms with van der Waals surface area (Å²) in [5.74, 6) is -3.28. The minimum Gasteiger partial charge on any atom is -0.478 e. The molecule has 11 heteroatoms. The number of halogens is 4. The Labute approximate surface area is 299 Å². The van der Waals surface area contributed by atoms with E-state index in [4.69, 9.17) is 23.2 Å². The van der Waals surface area contributed by atoms with Crippen molar-refractivity contribution in [2.45, 2.75) is 36.6 Å². The van der Waals surface area contributed by atoms with Crippen molar-refractivity contribution in [3.63, 3.8) is 0 Å². The second-order valence-electron chi connectivity index (χ2n) is 11.9. The summed E-state index contributed by atoms with van der Waals surface area (Å²) >= 11 is 12.4. The molecule has 0 bridgehead atoms. The highest BCUT2D eigenvalue weighted by Gasteiger charge is 2.27. The molecule has 0 spiro atoms. The number of fused-ring (bicyclic) bond motifs is 1. The van der Waals surface area contributed by atoms with Crippen LogP contribution in [-0.2, 0) is 29.3 Å². The van der Waals surface area contributed by atoms with Gasteiger partial charge >= 0.3 is 5.97 Å². The number of aryl methyl sites for hydroxylation is 2. The highest BCUT2D eigenvalue weighted by molar-refractivity contribution is 7.89. The summed E-state index contributed by atoms with van der Waals surface area (Å²) in [5, 5.41) is 10.3. The van der Waals surface area contributed by atoms with Crippen LogP contribution in [0.1, 0.15) is 50.8 Å². The third-order valence-corrected chi connectivity index (χ3v) is 10.7. The van der Waals surface area contributed by atoms with Gasteiger partial charge in [-0.1, -0.05) is 96.0 Å². The maximum atomic E-state index is 14.6. The fourth-order valence-corrected chi connectivity index (χ4v) is 7.90. The number of aromatic nitrogens is 1. The van der Waals surface area contributed by atoms with Crippen LogP contribution in [0.3, 0.4) is 0 Å². The van der Waals surface area contributed by atoms with Crippen LogP contribution in [-0.4, -0.2) is 30.6 Å². The maximum absolute atomic E-state index is 14.6. The molecule has 0 unspecified atom stereocenters. The molecule has 256 valence electrons. The summed E-state index contributed by atoms with van der Waals surface area (Å²) < 4.78 is 59.7. The summed E-state index contributed by atoms with van der Waals surface area (Å²) in [4.78, 5) is 10.6. The predicted molar refractivity (Wildman–Crippen MR) is 193 cm³/mol. The number of sulfonamides is 1. The molecule has 0 atom stereocenters. The van der Waals surface area contributed by atoms with E-state index in [0.29, 0.717) is 30.4 Å². The van der Waals surface area contributed by atoms with E-state index in [1.54, 1.807) is 24.3 Å². The molecule has 1 aromatic heterocycles. The Balaban J connectivity index is 1.44. The van der Waals surface area contributed by atoms with E-state index in [1.807, 2.05) is 78.9 Å². The number of carbonyl (C=O) groups is 1. The summed E-state index contributed by atoms with van der Waals surface area (Å²) in [6.07, 6.45) is 2.20. The van der Waals surface area contributed by atoms with Gasteiger partial charge in [0.2, 0.25) is 10.0 Å². The summed E-state index contributed by atoms with van der Waals surface area (Å²) in [6.45, 7) is -0.0965. The Kier molecular flexibility index (Phi) is 10.7. The number of nitrogens with one attached hydrogen (secondary N) is 1. The predicted octanol–water partition coefficient (Wildman–Crippen LogP) is 9.26. The topological polar surface area (TPSA) is 88.4 Å². The number of nitrogens with zero attached hydrogens (tertiary/aromatic N) is 1. The molecule has 50 heavy (non-hydrogen) atoms. The Morgan fingerprint density at radius 2 is 1.42 bits per heavy atom. The molecule has 0 aliphatic heterocycles. The first kappa shape index (κ1) is 35.3. The molecule has 6 nitrogen and oxygen atoms in total. The molecular formula is C39H32Cl2F2N2O4S. The number of hydrogen-bond donors (Lipinski definition) is 2. The van der Waals surface area contributed by atoms with E-state index in [-0.39, 0.29) is 24.6 Å². The van der Waals surface area contributed by atoms with Gasteiger partial charge in [-0.05, 0) is 77.9 Å². The Morgan fingerprint density at radius 1 is 0.780 bits per heavy atom. The first-order chi connectivity index (χ1) is 24.0. The zero-order valence-corrected chi connectivity index (χ0v) is 29.0. The second-order valence-corrected chi connectivity index (χ2v) is 14.5. The molecule has 0 aliphatic rings. The van der Waals surface area contributed by atoms with Crippen molar-refractivity contribution in [2.24, 2.45) is 0 Å². The van der Waals surface area contributed by atoms with E-state index >= 15 is 0 Å². The SMILES string of the molecule is O=C(O)c1ccc(CCCc2c(CCNS(=O)(=O)c3cc(Cl)c(F)cc3F)n(C(c3ccccc3)c3ccccc3)c3ccc(Cl)cc23)cc1. The first-order valence-electron chi connectivity index (χ1n) is 15.9. The van der Waals surface area contributed by atoms with E-state index in [1.165, 1.54) is 0 Å². The van der Waals surface area contributed by atoms with E-state index in [2.05, 4.69) is 9.29 Å². The standard InChI is InChI=1S/C39H32Cl2F2N2O4S/c40-29-18-19-35-31(22-29)30(13-7-8-25-14-16-28(17-15-25)39(46)47)36(20-21-44-50(48,49)37-23-32(41)33(42)24-34(37)43)45(35)38(26-9-3-1-4-10-26)27-11-5-2-6-12-27/h1-6,9-12,14-19,22-24,38,44H,7-8,13,20-21H2,(H,46,47). The molecule has 0 fully saturated rings. The maximum Gasteiger partial charge on any atom is 0.335 e. The summed E-state index contributed by atoms with van der Waals surface area (Å²) in [6, 6.07) is 33.4.